The molecule has 3 aromatic heterocycles. The van der Waals surface area contributed by atoms with E-state index < -0.39 is 5.97 Å². The van der Waals surface area contributed by atoms with Crippen molar-refractivity contribution in [3.05, 3.63) is 70.0 Å². The summed E-state index contributed by atoms with van der Waals surface area (Å²) in [6.07, 6.45) is 0. The fourth-order valence-corrected chi connectivity index (χ4v) is 4.58. The topological polar surface area (TPSA) is 82.6 Å². The van der Waals surface area contributed by atoms with Crippen LogP contribution in [-0.4, -0.2) is 34.7 Å². The molecule has 0 saturated heterocycles. The van der Waals surface area contributed by atoms with E-state index in [9.17, 15) is 9.59 Å². The standard InChI is InChI=1S/C23H20N2O5S/c1-13-7-17(14(2)25(13)10-15-3-4-20-21(8-15)30-12-29-20)19(26)11-28-23(27)18-9-16-5-6-31-22(16)24-18/h3-9,24H,10-12H2,1-2H3. The van der Waals surface area contributed by atoms with Crippen LogP contribution in [0.5, 0.6) is 11.5 Å². The summed E-state index contributed by atoms with van der Waals surface area (Å²) in [4.78, 5) is 29.0. The average Bonchev–Trinajstić information content (AvgIpc) is 3.52. The number of aromatic nitrogens is 2. The van der Waals surface area contributed by atoms with E-state index in [1.54, 1.807) is 6.07 Å². The summed E-state index contributed by atoms with van der Waals surface area (Å²) in [5.41, 5.74) is 3.73. The molecule has 0 radical (unpaired) electrons. The Hall–Kier alpha value is -3.52. The Morgan fingerprint density at radius 3 is 2.81 bits per heavy atom. The molecule has 1 aliphatic heterocycles. The minimum atomic E-state index is -0.536. The maximum Gasteiger partial charge on any atom is 0.355 e. The fraction of sp³-hybridized carbons (Fsp3) is 0.217. The first-order valence-corrected chi connectivity index (χ1v) is 10.7. The van der Waals surface area contributed by atoms with Crippen LogP contribution < -0.4 is 9.47 Å². The van der Waals surface area contributed by atoms with Crippen LogP contribution >= 0.6 is 11.3 Å². The Labute approximate surface area is 182 Å². The summed E-state index contributed by atoms with van der Waals surface area (Å²) in [7, 11) is 0. The van der Waals surface area contributed by atoms with Crippen molar-refractivity contribution in [2.75, 3.05) is 13.4 Å². The second-order valence-corrected chi connectivity index (χ2v) is 8.36. The molecule has 1 N–H and O–H groups in total. The molecule has 0 spiro atoms. The zero-order chi connectivity index (χ0) is 21.5. The summed E-state index contributed by atoms with van der Waals surface area (Å²) in [6.45, 7) is 4.38. The molecule has 4 heterocycles. The molecular formula is C23H20N2O5S. The second kappa shape index (κ2) is 7.63. The van der Waals surface area contributed by atoms with Crippen molar-refractivity contribution >= 4 is 33.3 Å². The average molecular weight is 436 g/mol. The number of hydrogen-bond acceptors (Lipinski definition) is 6. The summed E-state index contributed by atoms with van der Waals surface area (Å²) >= 11 is 1.51. The van der Waals surface area contributed by atoms with Crippen LogP contribution in [0.1, 0.15) is 37.8 Å². The van der Waals surface area contributed by atoms with E-state index in [1.165, 1.54) is 11.3 Å². The molecule has 0 amide bonds. The normalized spacial score (nSPS) is 12.5. The molecule has 0 fully saturated rings. The van der Waals surface area contributed by atoms with E-state index in [1.807, 2.05) is 49.6 Å². The van der Waals surface area contributed by atoms with Crippen LogP contribution in [0.15, 0.2) is 41.8 Å². The number of ketones is 1. The van der Waals surface area contributed by atoms with Gasteiger partial charge in [0.05, 0.1) is 0 Å². The van der Waals surface area contributed by atoms with E-state index >= 15 is 0 Å². The van der Waals surface area contributed by atoms with Gasteiger partial charge in [0, 0.05) is 28.9 Å². The molecule has 4 aromatic rings. The van der Waals surface area contributed by atoms with Crippen molar-refractivity contribution in [2.24, 2.45) is 0 Å². The molecular weight excluding hydrogens is 416 g/mol. The summed E-state index contributed by atoms with van der Waals surface area (Å²) in [5.74, 6) is 0.703. The minimum absolute atomic E-state index is 0.230. The van der Waals surface area contributed by atoms with E-state index in [2.05, 4.69) is 9.55 Å². The third-order valence-corrected chi connectivity index (χ3v) is 6.30. The first-order valence-electron chi connectivity index (χ1n) is 9.81. The van der Waals surface area contributed by atoms with Gasteiger partial charge in [0.25, 0.3) is 0 Å². The molecule has 7 nitrogen and oxygen atoms in total. The number of aryl methyl sites for hydroxylation is 1. The zero-order valence-electron chi connectivity index (χ0n) is 17.1. The number of carbonyl (C=O) groups is 2. The van der Waals surface area contributed by atoms with Crippen LogP contribution in [0.4, 0.5) is 0 Å². The maximum atomic E-state index is 12.8. The van der Waals surface area contributed by atoms with Gasteiger partial charge in [-0.3, -0.25) is 4.79 Å². The van der Waals surface area contributed by atoms with E-state index in [0.717, 1.165) is 38.7 Å². The fourth-order valence-electron chi connectivity index (χ4n) is 3.79. The third-order valence-electron chi connectivity index (χ3n) is 5.45. The van der Waals surface area contributed by atoms with Gasteiger partial charge in [-0.25, -0.2) is 4.79 Å². The van der Waals surface area contributed by atoms with Crippen molar-refractivity contribution in [3.8, 4) is 11.5 Å². The number of fused-ring (bicyclic) bond motifs is 2. The van der Waals surface area contributed by atoms with Gasteiger partial charge in [0.1, 0.15) is 10.5 Å². The Bertz CT molecular complexity index is 1280. The van der Waals surface area contributed by atoms with Crippen LogP contribution in [0.2, 0.25) is 0 Å². The number of rotatable bonds is 6. The van der Waals surface area contributed by atoms with E-state index in [4.69, 9.17) is 14.2 Å². The molecule has 1 aliphatic rings. The number of nitrogens with one attached hydrogen (secondary N) is 1. The van der Waals surface area contributed by atoms with Gasteiger partial charge >= 0.3 is 5.97 Å². The molecule has 31 heavy (non-hydrogen) atoms. The Morgan fingerprint density at radius 2 is 1.97 bits per heavy atom. The van der Waals surface area contributed by atoms with Gasteiger partial charge in [-0.2, -0.15) is 0 Å². The number of ether oxygens (including phenoxy) is 3. The summed E-state index contributed by atoms with van der Waals surface area (Å²) in [6, 6.07) is 11.3. The first kappa shape index (κ1) is 19.4. The zero-order valence-corrected chi connectivity index (χ0v) is 17.9. The first-order chi connectivity index (χ1) is 15.0. The van der Waals surface area contributed by atoms with Gasteiger partial charge < -0.3 is 23.8 Å². The van der Waals surface area contributed by atoms with Crippen molar-refractivity contribution in [1.82, 2.24) is 9.55 Å². The van der Waals surface area contributed by atoms with Crippen LogP contribution in [0.25, 0.3) is 10.2 Å². The highest BCUT2D eigenvalue weighted by molar-refractivity contribution is 7.16. The molecule has 0 aliphatic carbocycles. The van der Waals surface area contributed by atoms with Crippen LogP contribution in [0.3, 0.4) is 0 Å². The van der Waals surface area contributed by atoms with E-state index in [-0.39, 0.29) is 19.2 Å². The van der Waals surface area contributed by atoms with Gasteiger partial charge in [-0.15, -0.1) is 11.3 Å². The maximum absolute atomic E-state index is 12.8. The second-order valence-electron chi connectivity index (χ2n) is 7.45. The highest BCUT2D eigenvalue weighted by Crippen LogP contribution is 2.33. The highest BCUT2D eigenvalue weighted by atomic mass is 32.1. The molecule has 0 unspecified atom stereocenters. The molecule has 1 aromatic carbocycles. The molecule has 5 rings (SSSR count). The van der Waals surface area contributed by atoms with Crippen molar-refractivity contribution in [1.29, 1.82) is 0 Å². The van der Waals surface area contributed by atoms with Gasteiger partial charge in [0.2, 0.25) is 12.6 Å². The van der Waals surface area contributed by atoms with Gasteiger partial charge in [0.15, 0.2) is 18.1 Å². The lowest BCUT2D eigenvalue weighted by Crippen LogP contribution is -2.15. The van der Waals surface area contributed by atoms with Crippen molar-refractivity contribution in [2.45, 2.75) is 20.4 Å². The lowest BCUT2D eigenvalue weighted by Gasteiger charge is -2.11. The number of esters is 1. The summed E-state index contributed by atoms with van der Waals surface area (Å²) < 4.78 is 18.1. The molecule has 0 bridgehead atoms. The lowest BCUT2D eigenvalue weighted by molar-refractivity contribution is 0.0469. The molecule has 0 saturated carbocycles. The molecule has 0 atom stereocenters. The number of nitrogens with zero attached hydrogens (tertiary/aromatic N) is 1. The van der Waals surface area contributed by atoms with Gasteiger partial charge in [-0.05, 0) is 55.1 Å². The quantitative estimate of drug-likeness (QED) is 0.356. The molecule has 8 heteroatoms. The number of hydrogen-bond donors (Lipinski definition) is 1. The number of aromatic amines is 1. The third kappa shape index (κ3) is 3.59. The van der Waals surface area contributed by atoms with Crippen molar-refractivity contribution < 1.29 is 23.8 Å². The number of H-pyrrole nitrogens is 1. The number of benzene rings is 1. The highest BCUT2D eigenvalue weighted by Gasteiger charge is 2.20. The number of Topliss-reactive ketones (excluding diaryl/α,β-unsaturated/α-hetero) is 1. The predicted molar refractivity (Wildman–Crippen MR) is 116 cm³/mol. The number of thiophene rings is 1. The lowest BCUT2D eigenvalue weighted by atomic mass is 10.1. The largest absolute Gasteiger partial charge is 0.454 e. The monoisotopic (exact) mass is 436 g/mol. The SMILES string of the molecule is Cc1cc(C(=O)COC(=O)c2cc3ccsc3[nH]2)c(C)n1Cc1ccc2c(c1)OCO2. The Morgan fingerprint density at radius 1 is 1.13 bits per heavy atom. The Balaban J connectivity index is 1.28. The molecule has 158 valence electrons. The number of carbonyl (C=O) groups excluding carboxylic acids is 2. The van der Waals surface area contributed by atoms with Gasteiger partial charge in [-0.1, -0.05) is 6.07 Å². The smallest absolute Gasteiger partial charge is 0.355 e. The van der Waals surface area contributed by atoms with Crippen LogP contribution in [-0.2, 0) is 11.3 Å². The minimum Gasteiger partial charge on any atom is -0.454 e. The predicted octanol–water partition coefficient (Wildman–Crippen LogP) is 4.46. The summed E-state index contributed by atoms with van der Waals surface area (Å²) in [5, 5.41) is 2.90. The van der Waals surface area contributed by atoms with Crippen molar-refractivity contribution in [3.63, 3.8) is 0 Å². The van der Waals surface area contributed by atoms with E-state index in [0.29, 0.717) is 17.8 Å². The van der Waals surface area contributed by atoms with Crippen LogP contribution in [0, 0.1) is 13.8 Å². The Kier molecular flexibility index (Phi) is 4.78.